The second-order valence-corrected chi connectivity index (χ2v) is 7.90. The van der Waals surface area contributed by atoms with Gasteiger partial charge in [-0.25, -0.2) is 13.1 Å². The first-order chi connectivity index (χ1) is 9.31. The summed E-state index contributed by atoms with van der Waals surface area (Å²) in [5.74, 6) is 0. The predicted octanol–water partition coefficient (Wildman–Crippen LogP) is 1.79. The molecule has 1 fully saturated rings. The normalized spacial score (nSPS) is 17.4. The van der Waals surface area contributed by atoms with E-state index in [1.54, 1.807) is 6.07 Å². The molecule has 1 unspecified atom stereocenters. The number of nitrogens with zero attached hydrogens (tertiary/aromatic N) is 1. The van der Waals surface area contributed by atoms with Crippen molar-refractivity contribution in [2.75, 3.05) is 19.3 Å². The Kier molecular flexibility index (Phi) is 4.73. The number of anilines is 1. The van der Waals surface area contributed by atoms with Crippen LogP contribution in [-0.2, 0) is 10.0 Å². The summed E-state index contributed by atoms with van der Waals surface area (Å²) in [6.45, 7) is 2.43. The van der Waals surface area contributed by atoms with Crippen molar-refractivity contribution >= 4 is 31.6 Å². The van der Waals surface area contributed by atoms with Gasteiger partial charge in [-0.15, -0.1) is 0 Å². The first-order valence-corrected chi connectivity index (χ1v) is 8.85. The molecule has 0 bridgehead atoms. The molecule has 0 saturated heterocycles. The smallest absolute Gasteiger partial charge is 0.240 e. The predicted molar refractivity (Wildman–Crippen MR) is 84.0 cm³/mol. The fourth-order valence-corrected chi connectivity index (χ4v) is 3.65. The zero-order valence-corrected chi connectivity index (χ0v) is 14.0. The molecule has 5 nitrogen and oxygen atoms in total. The van der Waals surface area contributed by atoms with E-state index in [9.17, 15) is 8.42 Å². The van der Waals surface area contributed by atoms with Crippen LogP contribution in [0.5, 0.6) is 0 Å². The van der Waals surface area contributed by atoms with Crippen LogP contribution in [0.2, 0.25) is 0 Å². The van der Waals surface area contributed by atoms with Gasteiger partial charge in [-0.3, -0.25) is 4.90 Å². The molecule has 112 valence electrons. The lowest BCUT2D eigenvalue weighted by atomic mass is 10.3. The number of benzene rings is 1. The fourth-order valence-electron chi connectivity index (χ4n) is 1.97. The number of likely N-dealkylation sites (N-methyl/N-ethyl adjacent to an activating group) is 1. The van der Waals surface area contributed by atoms with Crippen LogP contribution in [0, 0.1) is 0 Å². The van der Waals surface area contributed by atoms with Crippen LogP contribution < -0.4 is 10.5 Å². The zero-order valence-electron chi connectivity index (χ0n) is 11.6. The number of hydrogen-bond acceptors (Lipinski definition) is 4. The van der Waals surface area contributed by atoms with E-state index in [1.807, 2.05) is 14.0 Å². The van der Waals surface area contributed by atoms with Crippen molar-refractivity contribution < 1.29 is 8.42 Å². The van der Waals surface area contributed by atoms with E-state index >= 15 is 0 Å². The van der Waals surface area contributed by atoms with Gasteiger partial charge in [-0.05, 0) is 60.9 Å². The van der Waals surface area contributed by atoms with Gasteiger partial charge < -0.3 is 5.73 Å². The first-order valence-electron chi connectivity index (χ1n) is 6.58. The molecule has 0 radical (unpaired) electrons. The third-order valence-corrected chi connectivity index (χ3v) is 5.78. The summed E-state index contributed by atoms with van der Waals surface area (Å²) < 4.78 is 27.7. The minimum atomic E-state index is -3.50. The number of hydrogen-bond donors (Lipinski definition) is 2. The molecule has 1 atom stereocenters. The standard InChI is InChI=1S/C13H20BrN3O2S/c1-9(17(2)10-3-4-10)8-16-20(18,19)11-5-6-13(15)12(14)7-11/h5-7,9-10,16H,3-4,8,15H2,1-2H3. The summed E-state index contributed by atoms with van der Waals surface area (Å²) in [6.07, 6.45) is 2.41. The largest absolute Gasteiger partial charge is 0.398 e. The van der Waals surface area contributed by atoms with Crippen LogP contribution in [-0.4, -0.2) is 39.0 Å². The highest BCUT2D eigenvalue weighted by Crippen LogP contribution is 2.27. The van der Waals surface area contributed by atoms with Gasteiger partial charge >= 0.3 is 0 Å². The molecule has 0 aliphatic heterocycles. The monoisotopic (exact) mass is 361 g/mol. The number of rotatable bonds is 6. The fraction of sp³-hybridized carbons (Fsp3) is 0.538. The average Bonchev–Trinajstić information content (AvgIpc) is 3.22. The van der Waals surface area contributed by atoms with Gasteiger partial charge in [-0.2, -0.15) is 0 Å². The molecule has 0 amide bonds. The van der Waals surface area contributed by atoms with Crippen molar-refractivity contribution in [1.82, 2.24) is 9.62 Å². The second kappa shape index (κ2) is 6.01. The highest BCUT2D eigenvalue weighted by molar-refractivity contribution is 9.10. The van der Waals surface area contributed by atoms with Crippen molar-refractivity contribution in [3.8, 4) is 0 Å². The maximum absolute atomic E-state index is 12.2. The van der Waals surface area contributed by atoms with E-state index in [-0.39, 0.29) is 10.9 Å². The Hall–Kier alpha value is -0.630. The Morgan fingerprint density at radius 1 is 1.50 bits per heavy atom. The van der Waals surface area contributed by atoms with Crippen LogP contribution in [0.15, 0.2) is 27.6 Å². The molecule has 3 N–H and O–H groups in total. The third kappa shape index (κ3) is 3.72. The SMILES string of the molecule is CC(CNS(=O)(=O)c1ccc(N)c(Br)c1)N(C)C1CC1. The highest BCUT2D eigenvalue weighted by Gasteiger charge is 2.29. The van der Waals surface area contributed by atoms with Gasteiger partial charge in [0.25, 0.3) is 0 Å². The van der Waals surface area contributed by atoms with Crippen molar-refractivity contribution in [2.45, 2.75) is 36.7 Å². The average molecular weight is 362 g/mol. The second-order valence-electron chi connectivity index (χ2n) is 5.28. The van der Waals surface area contributed by atoms with Crippen LogP contribution in [0.3, 0.4) is 0 Å². The topological polar surface area (TPSA) is 75.4 Å². The summed E-state index contributed by atoms with van der Waals surface area (Å²) >= 11 is 3.24. The molecule has 7 heteroatoms. The Labute approximate surface area is 128 Å². The first kappa shape index (κ1) is 15.8. The van der Waals surface area contributed by atoms with E-state index in [0.717, 1.165) is 0 Å². The van der Waals surface area contributed by atoms with Gasteiger partial charge in [0.2, 0.25) is 10.0 Å². The molecule has 1 aliphatic rings. The minimum absolute atomic E-state index is 0.175. The molecule has 2 rings (SSSR count). The quantitative estimate of drug-likeness (QED) is 0.757. The molecule has 20 heavy (non-hydrogen) atoms. The van der Waals surface area contributed by atoms with Gasteiger partial charge in [0.15, 0.2) is 0 Å². The lowest BCUT2D eigenvalue weighted by molar-refractivity contribution is 0.248. The zero-order chi connectivity index (χ0) is 14.9. The van der Waals surface area contributed by atoms with E-state index in [0.29, 0.717) is 22.7 Å². The third-order valence-electron chi connectivity index (χ3n) is 3.67. The molecule has 1 aliphatic carbocycles. The Morgan fingerprint density at radius 2 is 2.15 bits per heavy atom. The van der Waals surface area contributed by atoms with Crippen molar-refractivity contribution in [1.29, 1.82) is 0 Å². The van der Waals surface area contributed by atoms with Gasteiger partial charge in [-0.1, -0.05) is 0 Å². The summed E-state index contributed by atoms with van der Waals surface area (Å²) in [6, 6.07) is 5.40. The summed E-state index contributed by atoms with van der Waals surface area (Å²) in [5, 5.41) is 0. The molecule has 0 heterocycles. The number of sulfonamides is 1. The van der Waals surface area contributed by atoms with Crippen molar-refractivity contribution in [3.63, 3.8) is 0 Å². The summed E-state index contributed by atoms with van der Waals surface area (Å²) in [4.78, 5) is 2.45. The van der Waals surface area contributed by atoms with Crippen LogP contribution >= 0.6 is 15.9 Å². The van der Waals surface area contributed by atoms with Gasteiger partial charge in [0.05, 0.1) is 4.90 Å². The lowest BCUT2D eigenvalue weighted by Crippen LogP contribution is -2.41. The Morgan fingerprint density at radius 3 is 2.70 bits per heavy atom. The molecule has 1 aromatic rings. The van der Waals surface area contributed by atoms with Crippen molar-refractivity contribution in [2.24, 2.45) is 0 Å². The molecule has 1 aromatic carbocycles. The lowest BCUT2D eigenvalue weighted by Gasteiger charge is -2.24. The van der Waals surface area contributed by atoms with Crippen LogP contribution in [0.25, 0.3) is 0 Å². The Bertz CT molecular complexity index is 587. The molecular weight excluding hydrogens is 342 g/mol. The van der Waals surface area contributed by atoms with Crippen LogP contribution in [0.4, 0.5) is 5.69 Å². The molecule has 1 saturated carbocycles. The molecular formula is C13H20BrN3O2S. The number of nitrogen functional groups attached to an aromatic ring is 1. The van der Waals surface area contributed by atoms with Crippen LogP contribution in [0.1, 0.15) is 19.8 Å². The number of nitrogens with two attached hydrogens (primary N) is 1. The van der Waals surface area contributed by atoms with Gasteiger partial charge in [0.1, 0.15) is 0 Å². The van der Waals surface area contributed by atoms with E-state index < -0.39 is 10.0 Å². The highest BCUT2D eigenvalue weighted by atomic mass is 79.9. The number of halogens is 1. The number of nitrogens with one attached hydrogen (secondary N) is 1. The maximum atomic E-state index is 12.2. The molecule has 0 spiro atoms. The van der Waals surface area contributed by atoms with Crippen molar-refractivity contribution in [3.05, 3.63) is 22.7 Å². The minimum Gasteiger partial charge on any atom is -0.398 e. The van der Waals surface area contributed by atoms with E-state index in [4.69, 9.17) is 5.73 Å². The summed E-state index contributed by atoms with van der Waals surface area (Å²) in [5.41, 5.74) is 6.18. The van der Waals surface area contributed by atoms with E-state index in [1.165, 1.54) is 25.0 Å². The Balaban J connectivity index is 2.01. The molecule has 0 aromatic heterocycles. The maximum Gasteiger partial charge on any atom is 0.240 e. The van der Waals surface area contributed by atoms with E-state index in [2.05, 4.69) is 25.6 Å². The van der Waals surface area contributed by atoms with Gasteiger partial charge in [0, 0.05) is 28.8 Å². The summed E-state index contributed by atoms with van der Waals surface area (Å²) in [7, 11) is -1.46.